The third-order valence-electron chi connectivity index (χ3n) is 4.37. The van der Waals surface area contributed by atoms with E-state index >= 15 is 0 Å². The first-order valence-electron chi connectivity index (χ1n) is 8.78. The average molecular weight is 402 g/mol. The van der Waals surface area contributed by atoms with Gasteiger partial charge >= 0.3 is 6.36 Å². The lowest BCUT2D eigenvalue weighted by Gasteiger charge is -2.16. The second-order valence-corrected chi connectivity index (χ2v) is 6.50. The van der Waals surface area contributed by atoms with Crippen molar-refractivity contribution in [2.45, 2.75) is 51.2 Å². The molecule has 1 fully saturated rings. The van der Waals surface area contributed by atoms with Gasteiger partial charge in [-0.15, -0.1) is 25.6 Å². The van der Waals surface area contributed by atoms with Crippen LogP contribution < -0.4 is 14.8 Å². The molecule has 0 aromatic heterocycles. The Hall–Kier alpha value is -1.92. The summed E-state index contributed by atoms with van der Waals surface area (Å²) < 4.78 is 47.6. The lowest BCUT2D eigenvalue weighted by Crippen LogP contribution is -2.25. The molecule has 0 unspecified atom stereocenters. The first-order chi connectivity index (χ1) is 12.5. The van der Waals surface area contributed by atoms with Gasteiger partial charge in [0.1, 0.15) is 18.1 Å². The molecule has 1 N–H and O–H groups in total. The third-order valence-corrected chi connectivity index (χ3v) is 4.37. The minimum Gasteiger partial charge on any atom is -0.489 e. The number of hydrogen-bond donors (Lipinski definition) is 1. The molecule has 0 aliphatic heterocycles. The largest absolute Gasteiger partial charge is 0.573 e. The Morgan fingerprint density at radius 2 is 1.59 bits per heavy atom. The minimum atomic E-state index is -4.73. The fraction of sp³-hybridized carbons (Fsp3) is 0.400. The van der Waals surface area contributed by atoms with Crippen LogP contribution in [0.4, 0.5) is 13.2 Å². The van der Waals surface area contributed by atoms with Gasteiger partial charge in [-0.05, 0) is 36.1 Å². The van der Waals surface area contributed by atoms with Crippen molar-refractivity contribution in [2.24, 2.45) is 0 Å². The van der Waals surface area contributed by atoms with Gasteiger partial charge in [0.15, 0.2) is 0 Å². The van der Waals surface area contributed by atoms with Gasteiger partial charge in [-0.2, -0.15) is 0 Å². The SMILES string of the molecule is Cl.FC(F)(F)Oc1cc(CNC2CCCC2)cc(OCc2ccccc2)c1. The summed E-state index contributed by atoms with van der Waals surface area (Å²) in [5, 5.41) is 3.40. The van der Waals surface area contributed by atoms with Gasteiger partial charge in [-0.3, -0.25) is 0 Å². The number of ether oxygens (including phenoxy) is 2. The summed E-state index contributed by atoms with van der Waals surface area (Å²) in [6.45, 7) is 0.771. The molecule has 1 aliphatic rings. The first kappa shape index (κ1) is 21.4. The normalized spacial score (nSPS) is 14.6. The van der Waals surface area contributed by atoms with Crippen molar-refractivity contribution in [1.82, 2.24) is 5.32 Å². The van der Waals surface area contributed by atoms with E-state index in [4.69, 9.17) is 4.74 Å². The molecule has 0 bridgehead atoms. The van der Waals surface area contributed by atoms with Crippen LogP contribution in [0.15, 0.2) is 48.5 Å². The predicted molar refractivity (Wildman–Crippen MR) is 100 cm³/mol. The number of alkyl halides is 3. The number of nitrogens with one attached hydrogen (secondary N) is 1. The quantitative estimate of drug-likeness (QED) is 0.653. The molecule has 148 valence electrons. The van der Waals surface area contributed by atoms with E-state index in [0.29, 0.717) is 23.9 Å². The lowest BCUT2D eigenvalue weighted by atomic mass is 10.1. The van der Waals surface area contributed by atoms with E-state index in [9.17, 15) is 13.2 Å². The van der Waals surface area contributed by atoms with E-state index in [2.05, 4.69) is 10.1 Å². The Morgan fingerprint density at radius 3 is 2.26 bits per heavy atom. The first-order valence-corrected chi connectivity index (χ1v) is 8.78. The summed E-state index contributed by atoms with van der Waals surface area (Å²) in [5.74, 6) is 0.102. The zero-order valence-electron chi connectivity index (χ0n) is 14.8. The molecule has 3 nitrogen and oxygen atoms in total. The summed E-state index contributed by atoms with van der Waals surface area (Å²) in [6.07, 6.45) is -0.124. The Kier molecular flexibility index (Phi) is 7.80. The van der Waals surface area contributed by atoms with E-state index in [1.807, 2.05) is 30.3 Å². The van der Waals surface area contributed by atoms with Gasteiger partial charge in [0.2, 0.25) is 0 Å². The van der Waals surface area contributed by atoms with Crippen LogP contribution in [0.1, 0.15) is 36.8 Å². The van der Waals surface area contributed by atoms with Crippen LogP contribution in [0.25, 0.3) is 0 Å². The van der Waals surface area contributed by atoms with Crippen molar-refractivity contribution in [3.05, 3.63) is 59.7 Å². The molecule has 0 spiro atoms. The van der Waals surface area contributed by atoms with E-state index in [1.165, 1.54) is 25.0 Å². The van der Waals surface area contributed by atoms with E-state index in [-0.39, 0.29) is 24.8 Å². The second kappa shape index (κ2) is 9.85. The third kappa shape index (κ3) is 7.31. The maximum absolute atomic E-state index is 12.6. The number of benzene rings is 2. The average Bonchev–Trinajstić information content (AvgIpc) is 3.11. The summed E-state index contributed by atoms with van der Waals surface area (Å²) in [7, 11) is 0. The fourth-order valence-corrected chi connectivity index (χ4v) is 3.14. The van der Waals surface area contributed by atoms with Gasteiger partial charge in [-0.25, -0.2) is 0 Å². The molecule has 0 saturated heterocycles. The van der Waals surface area contributed by atoms with Crippen LogP contribution in [0, 0.1) is 0 Å². The molecular weight excluding hydrogens is 379 g/mol. The maximum atomic E-state index is 12.6. The van der Waals surface area contributed by atoms with Crippen LogP contribution in [0.3, 0.4) is 0 Å². The number of rotatable bonds is 7. The van der Waals surface area contributed by atoms with Crippen molar-refractivity contribution >= 4 is 12.4 Å². The van der Waals surface area contributed by atoms with Crippen LogP contribution in [-0.4, -0.2) is 12.4 Å². The minimum absolute atomic E-state index is 0. The maximum Gasteiger partial charge on any atom is 0.573 e. The van der Waals surface area contributed by atoms with Crippen molar-refractivity contribution in [2.75, 3.05) is 0 Å². The molecule has 1 saturated carbocycles. The van der Waals surface area contributed by atoms with Crippen molar-refractivity contribution < 1.29 is 22.6 Å². The highest BCUT2D eigenvalue weighted by molar-refractivity contribution is 5.85. The van der Waals surface area contributed by atoms with Gasteiger partial charge in [0, 0.05) is 18.7 Å². The molecular formula is C20H23ClF3NO2. The Labute approximate surface area is 163 Å². The van der Waals surface area contributed by atoms with Gasteiger partial charge in [-0.1, -0.05) is 43.2 Å². The Balaban J connectivity index is 0.00000261. The van der Waals surface area contributed by atoms with Gasteiger partial charge in [0.25, 0.3) is 0 Å². The summed E-state index contributed by atoms with van der Waals surface area (Å²) in [5.41, 5.74) is 1.65. The molecule has 7 heteroatoms. The van der Waals surface area contributed by atoms with Crippen molar-refractivity contribution in [1.29, 1.82) is 0 Å². The number of hydrogen-bond acceptors (Lipinski definition) is 3. The molecule has 2 aromatic carbocycles. The van der Waals surface area contributed by atoms with E-state index in [0.717, 1.165) is 18.4 Å². The van der Waals surface area contributed by atoms with Crippen LogP contribution in [0.2, 0.25) is 0 Å². The van der Waals surface area contributed by atoms with Crippen LogP contribution in [0.5, 0.6) is 11.5 Å². The summed E-state index contributed by atoms with van der Waals surface area (Å²) in [6, 6.07) is 14.3. The monoisotopic (exact) mass is 401 g/mol. The molecule has 3 rings (SSSR count). The number of halogens is 4. The van der Waals surface area contributed by atoms with Crippen LogP contribution in [-0.2, 0) is 13.2 Å². The smallest absolute Gasteiger partial charge is 0.489 e. The van der Waals surface area contributed by atoms with E-state index < -0.39 is 6.36 Å². The van der Waals surface area contributed by atoms with E-state index in [1.54, 1.807) is 6.07 Å². The molecule has 0 atom stereocenters. The highest BCUT2D eigenvalue weighted by Crippen LogP contribution is 2.29. The van der Waals surface area contributed by atoms with Crippen LogP contribution >= 0.6 is 12.4 Å². The zero-order chi connectivity index (χ0) is 18.4. The zero-order valence-corrected chi connectivity index (χ0v) is 15.6. The molecule has 2 aromatic rings. The Bertz CT molecular complexity index is 704. The van der Waals surface area contributed by atoms with Crippen molar-refractivity contribution in [3.8, 4) is 11.5 Å². The standard InChI is InChI=1S/C20H22F3NO2.ClH/c21-20(22,23)26-19-11-16(13-24-17-8-4-5-9-17)10-18(12-19)25-14-15-6-2-1-3-7-15;/h1-3,6-7,10-12,17,24H,4-5,8-9,13-14H2;1H. The molecule has 0 heterocycles. The van der Waals surface area contributed by atoms with Gasteiger partial charge < -0.3 is 14.8 Å². The highest BCUT2D eigenvalue weighted by atomic mass is 35.5. The molecule has 27 heavy (non-hydrogen) atoms. The second-order valence-electron chi connectivity index (χ2n) is 6.50. The summed E-state index contributed by atoms with van der Waals surface area (Å²) in [4.78, 5) is 0. The van der Waals surface area contributed by atoms with Crippen molar-refractivity contribution in [3.63, 3.8) is 0 Å². The van der Waals surface area contributed by atoms with Gasteiger partial charge in [0.05, 0.1) is 0 Å². The highest BCUT2D eigenvalue weighted by Gasteiger charge is 2.31. The Morgan fingerprint density at radius 1 is 0.926 bits per heavy atom. The molecule has 1 aliphatic carbocycles. The molecule has 0 radical (unpaired) electrons. The summed E-state index contributed by atoms with van der Waals surface area (Å²) >= 11 is 0. The fourth-order valence-electron chi connectivity index (χ4n) is 3.14. The molecule has 0 amide bonds. The predicted octanol–water partition coefficient (Wildman–Crippen LogP) is 5.62. The lowest BCUT2D eigenvalue weighted by molar-refractivity contribution is -0.274. The topological polar surface area (TPSA) is 30.5 Å².